The Kier molecular flexibility index (Phi) is 7.17. The van der Waals surface area contributed by atoms with Crippen LogP contribution in [0.1, 0.15) is 26.7 Å². The zero-order valence-corrected chi connectivity index (χ0v) is 14.5. The van der Waals surface area contributed by atoms with Crippen LogP contribution < -0.4 is 10.6 Å². The number of anilines is 1. The van der Waals surface area contributed by atoms with Crippen LogP contribution in [0.15, 0.2) is 64.4 Å². The molecule has 0 saturated carbocycles. The molecule has 2 aromatic carbocycles. The number of para-hydroxylation sites is 1. The van der Waals surface area contributed by atoms with Gasteiger partial charge in [-0.1, -0.05) is 55.4 Å². The van der Waals surface area contributed by atoms with E-state index in [1.54, 1.807) is 11.8 Å². The average molecular weight is 328 g/mol. The highest BCUT2D eigenvalue weighted by molar-refractivity contribution is 7.99. The summed E-state index contributed by atoms with van der Waals surface area (Å²) in [6, 6.07) is 18.4. The van der Waals surface area contributed by atoms with Crippen LogP contribution in [-0.2, 0) is 4.79 Å². The first-order chi connectivity index (χ1) is 11.2. The Bertz CT molecular complexity index is 616. The van der Waals surface area contributed by atoms with Gasteiger partial charge in [-0.2, -0.15) is 0 Å². The number of hydrogen-bond donors (Lipinski definition) is 2. The van der Waals surface area contributed by atoms with Crippen LogP contribution in [0, 0.1) is 0 Å². The third kappa shape index (κ3) is 6.08. The van der Waals surface area contributed by atoms with Gasteiger partial charge >= 0.3 is 0 Å². The van der Waals surface area contributed by atoms with Crippen molar-refractivity contribution >= 4 is 23.4 Å². The third-order valence-electron chi connectivity index (χ3n) is 3.46. The molecule has 0 bridgehead atoms. The zero-order chi connectivity index (χ0) is 16.5. The summed E-state index contributed by atoms with van der Waals surface area (Å²) in [5.74, 6) is -0.00550. The third-order valence-corrected chi connectivity index (χ3v) is 4.55. The van der Waals surface area contributed by atoms with Crippen molar-refractivity contribution in [3.63, 3.8) is 0 Å². The summed E-state index contributed by atoms with van der Waals surface area (Å²) in [6.45, 7) is 4.59. The van der Waals surface area contributed by atoms with E-state index in [-0.39, 0.29) is 5.91 Å². The van der Waals surface area contributed by atoms with Gasteiger partial charge in [0.25, 0.3) is 0 Å². The molecule has 0 spiro atoms. The van der Waals surface area contributed by atoms with Crippen molar-refractivity contribution in [2.75, 3.05) is 11.9 Å². The van der Waals surface area contributed by atoms with Crippen LogP contribution >= 0.6 is 11.8 Å². The molecule has 0 aromatic heterocycles. The van der Waals surface area contributed by atoms with Crippen LogP contribution in [0.5, 0.6) is 0 Å². The van der Waals surface area contributed by atoms with Gasteiger partial charge < -0.3 is 10.6 Å². The summed E-state index contributed by atoms with van der Waals surface area (Å²) >= 11 is 1.65. The fourth-order valence-electron chi connectivity index (χ4n) is 2.27. The maximum atomic E-state index is 12.1. The Morgan fingerprint density at radius 3 is 2.52 bits per heavy atom. The standard InChI is InChI=1S/C19H24N2OS/c1-3-9-15(2)20-14-19(22)21-17-12-7-8-13-18(17)23-16-10-5-4-6-11-16/h4-8,10-13,15,20H,3,9,14H2,1-2H3,(H,21,22). The van der Waals surface area contributed by atoms with Crippen molar-refractivity contribution in [3.8, 4) is 0 Å². The van der Waals surface area contributed by atoms with Gasteiger partial charge in [-0.25, -0.2) is 0 Å². The smallest absolute Gasteiger partial charge is 0.238 e. The SMILES string of the molecule is CCCC(C)NCC(=O)Nc1ccccc1Sc1ccccc1. The number of carbonyl (C=O) groups excluding carboxylic acids is 1. The lowest BCUT2D eigenvalue weighted by molar-refractivity contribution is -0.115. The summed E-state index contributed by atoms with van der Waals surface area (Å²) < 4.78 is 0. The van der Waals surface area contributed by atoms with Crippen molar-refractivity contribution in [3.05, 3.63) is 54.6 Å². The Morgan fingerprint density at radius 2 is 1.78 bits per heavy atom. The fraction of sp³-hybridized carbons (Fsp3) is 0.316. The minimum atomic E-state index is -0.00550. The first kappa shape index (κ1) is 17.6. The summed E-state index contributed by atoms with van der Waals surface area (Å²) in [6.07, 6.45) is 2.19. The number of carbonyl (C=O) groups is 1. The van der Waals surface area contributed by atoms with Crippen molar-refractivity contribution < 1.29 is 4.79 Å². The first-order valence-corrected chi connectivity index (χ1v) is 8.86. The second-order valence-electron chi connectivity index (χ2n) is 5.53. The lowest BCUT2D eigenvalue weighted by atomic mass is 10.2. The highest BCUT2D eigenvalue weighted by atomic mass is 32.2. The van der Waals surface area contributed by atoms with E-state index in [1.807, 2.05) is 42.5 Å². The topological polar surface area (TPSA) is 41.1 Å². The van der Waals surface area contributed by atoms with E-state index in [0.717, 1.165) is 28.3 Å². The molecular weight excluding hydrogens is 304 g/mol. The van der Waals surface area contributed by atoms with E-state index < -0.39 is 0 Å². The van der Waals surface area contributed by atoms with E-state index in [9.17, 15) is 4.79 Å². The minimum absolute atomic E-state index is 0.00550. The second-order valence-corrected chi connectivity index (χ2v) is 6.65. The monoisotopic (exact) mass is 328 g/mol. The van der Waals surface area contributed by atoms with E-state index in [1.165, 1.54) is 0 Å². The molecule has 0 saturated heterocycles. The molecule has 0 fully saturated rings. The average Bonchev–Trinajstić information content (AvgIpc) is 2.56. The summed E-state index contributed by atoms with van der Waals surface area (Å²) in [5.41, 5.74) is 0.858. The van der Waals surface area contributed by atoms with Gasteiger partial charge in [-0.15, -0.1) is 0 Å². The van der Waals surface area contributed by atoms with E-state index in [2.05, 4.69) is 36.6 Å². The van der Waals surface area contributed by atoms with Crippen LogP contribution in [0.25, 0.3) is 0 Å². The molecule has 0 aliphatic carbocycles. The van der Waals surface area contributed by atoms with Crippen LogP contribution in [0.3, 0.4) is 0 Å². The molecule has 1 unspecified atom stereocenters. The molecule has 1 amide bonds. The number of amides is 1. The maximum Gasteiger partial charge on any atom is 0.238 e. The molecule has 0 aliphatic heterocycles. The second kappa shape index (κ2) is 9.38. The normalized spacial score (nSPS) is 11.9. The van der Waals surface area contributed by atoms with Crippen molar-refractivity contribution in [1.82, 2.24) is 5.32 Å². The van der Waals surface area contributed by atoms with Gasteiger partial charge in [-0.3, -0.25) is 4.79 Å². The molecule has 23 heavy (non-hydrogen) atoms. The molecule has 1 atom stereocenters. The van der Waals surface area contributed by atoms with Gasteiger partial charge in [0.1, 0.15) is 0 Å². The molecule has 2 rings (SSSR count). The summed E-state index contributed by atoms with van der Waals surface area (Å²) in [4.78, 5) is 14.3. The molecule has 2 N–H and O–H groups in total. The van der Waals surface area contributed by atoms with Gasteiger partial charge in [0, 0.05) is 15.8 Å². The molecule has 2 aromatic rings. The van der Waals surface area contributed by atoms with E-state index in [0.29, 0.717) is 12.6 Å². The van der Waals surface area contributed by atoms with E-state index in [4.69, 9.17) is 0 Å². The van der Waals surface area contributed by atoms with Crippen LogP contribution in [-0.4, -0.2) is 18.5 Å². The first-order valence-electron chi connectivity index (χ1n) is 8.04. The van der Waals surface area contributed by atoms with Gasteiger partial charge in [0.15, 0.2) is 0 Å². The van der Waals surface area contributed by atoms with Gasteiger partial charge in [0.05, 0.1) is 12.2 Å². The highest BCUT2D eigenvalue weighted by Crippen LogP contribution is 2.33. The lowest BCUT2D eigenvalue weighted by Gasteiger charge is -2.14. The molecule has 3 nitrogen and oxygen atoms in total. The number of benzene rings is 2. The van der Waals surface area contributed by atoms with Crippen LogP contribution in [0.2, 0.25) is 0 Å². The molecule has 0 heterocycles. The molecular formula is C19H24N2OS. The summed E-state index contributed by atoms with van der Waals surface area (Å²) in [5, 5.41) is 6.26. The molecule has 4 heteroatoms. The van der Waals surface area contributed by atoms with Crippen molar-refractivity contribution in [2.45, 2.75) is 42.5 Å². The Labute approximate surface area is 142 Å². The molecule has 122 valence electrons. The molecule has 0 radical (unpaired) electrons. The molecule has 0 aliphatic rings. The fourth-order valence-corrected chi connectivity index (χ4v) is 3.19. The zero-order valence-electron chi connectivity index (χ0n) is 13.7. The number of rotatable bonds is 8. The Balaban J connectivity index is 1.96. The Hall–Kier alpha value is -1.78. The van der Waals surface area contributed by atoms with Crippen molar-refractivity contribution in [1.29, 1.82) is 0 Å². The lowest BCUT2D eigenvalue weighted by Crippen LogP contribution is -2.34. The predicted molar refractivity (Wildman–Crippen MR) is 98.0 cm³/mol. The van der Waals surface area contributed by atoms with Crippen molar-refractivity contribution in [2.24, 2.45) is 0 Å². The minimum Gasteiger partial charge on any atom is -0.324 e. The largest absolute Gasteiger partial charge is 0.324 e. The number of nitrogens with one attached hydrogen (secondary N) is 2. The van der Waals surface area contributed by atoms with E-state index >= 15 is 0 Å². The maximum absolute atomic E-state index is 12.1. The highest BCUT2D eigenvalue weighted by Gasteiger charge is 2.09. The number of hydrogen-bond acceptors (Lipinski definition) is 3. The van der Waals surface area contributed by atoms with Gasteiger partial charge in [0.2, 0.25) is 5.91 Å². The van der Waals surface area contributed by atoms with Crippen LogP contribution in [0.4, 0.5) is 5.69 Å². The Morgan fingerprint density at radius 1 is 1.09 bits per heavy atom. The summed E-state index contributed by atoms with van der Waals surface area (Å²) in [7, 11) is 0. The quantitative estimate of drug-likeness (QED) is 0.746. The predicted octanol–water partition coefficient (Wildman–Crippen LogP) is 4.55. The van der Waals surface area contributed by atoms with Gasteiger partial charge in [-0.05, 0) is 37.6 Å².